The van der Waals surface area contributed by atoms with Gasteiger partial charge in [-0.25, -0.2) is 0 Å². The second-order valence-electron chi connectivity index (χ2n) is 3.18. The fraction of sp³-hybridized carbons (Fsp3) is 0.500. The molecule has 2 N–H and O–H groups in total. The van der Waals surface area contributed by atoms with Crippen LogP contribution in [-0.4, -0.2) is 21.3 Å². The van der Waals surface area contributed by atoms with Gasteiger partial charge in [0.1, 0.15) is 0 Å². The SMILES string of the molecule is O=C(O)C(c1cn[nH]c1)C1CC1. The highest BCUT2D eigenvalue weighted by Gasteiger charge is 2.37. The quantitative estimate of drug-likeness (QED) is 0.703. The minimum Gasteiger partial charge on any atom is -0.481 e. The largest absolute Gasteiger partial charge is 0.481 e. The van der Waals surface area contributed by atoms with Gasteiger partial charge in [-0.1, -0.05) is 0 Å². The number of carbonyl (C=O) groups is 1. The molecule has 0 amide bonds. The summed E-state index contributed by atoms with van der Waals surface area (Å²) in [6.07, 6.45) is 5.32. The Balaban J connectivity index is 2.21. The summed E-state index contributed by atoms with van der Waals surface area (Å²) in [5.74, 6) is -0.747. The lowest BCUT2D eigenvalue weighted by molar-refractivity contribution is -0.139. The molecule has 1 fully saturated rings. The molecule has 1 heterocycles. The van der Waals surface area contributed by atoms with Crippen LogP contribution in [0.3, 0.4) is 0 Å². The zero-order valence-electron chi connectivity index (χ0n) is 6.53. The number of aromatic amines is 1. The third-order valence-electron chi connectivity index (χ3n) is 2.24. The number of carboxylic acids is 1. The Bertz CT molecular complexity index is 277. The molecular weight excluding hydrogens is 156 g/mol. The average Bonchev–Trinajstić information content (AvgIpc) is 2.65. The predicted molar refractivity (Wildman–Crippen MR) is 41.7 cm³/mol. The molecule has 4 nitrogen and oxygen atoms in total. The van der Waals surface area contributed by atoms with Gasteiger partial charge in [-0.05, 0) is 18.8 Å². The minimum atomic E-state index is -0.737. The fourth-order valence-corrected chi connectivity index (χ4v) is 1.48. The van der Waals surface area contributed by atoms with Gasteiger partial charge in [0.15, 0.2) is 0 Å². The van der Waals surface area contributed by atoms with Crippen molar-refractivity contribution in [2.75, 3.05) is 0 Å². The summed E-state index contributed by atoms with van der Waals surface area (Å²) in [6, 6.07) is 0. The molecule has 0 aromatic carbocycles. The van der Waals surface area contributed by atoms with Gasteiger partial charge >= 0.3 is 5.97 Å². The maximum atomic E-state index is 10.8. The summed E-state index contributed by atoms with van der Waals surface area (Å²) in [5, 5.41) is 15.3. The predicted octanol–water partition coefficient (Wildman–Crippen LogP) is 0.988. The second kappa shape index (κ2) is 2.62. The lowest BCUT2D eigenvalue weighted by Crippen LogP contribution is -2.12. The van der Waals surface area contributed by atoms with E-state index in [1.54, 1.807) is 12.4 Å². The number of aliphatic carboxylic acids is 1. The molecule has 1 aliphatic rings. The Kier molecular flexibility index (Phi) is 1.60. The fourth-order valence-electron chi connectivity index (χ4n) is 1.48. The first kappa shape index (κ1) is 7.34. The van der Waals surface area contributed by atoms with Crippen LogP contribution >= 0.6 is 0 Å². The van der Waals surface area contributed by atoms with E-state index in [2.05, 4.69) is 10.2 Å². The molecule has 1 aliphatic carbocycles. The Morgan fingerprint density at radius 1 is 1.75 bits per heavy atom. The van der Waals surface area contributed by atoms with Crippen molar-refractivity contribution in [3.63, 3.8) is 0 Å². The zero-order chi connectivity index (χ0) is 8.55. The summed E-state index contributed by atoms with van der Waals surface area (Å²) in [6.45, 7) is 0. The standard InChI is InChI=1S/C8H10N2O2/c11-8(12)7(5-1-2-5)6-3-9-10-4-6/h3-5,7H,1-2H2,(H,9,10)(H,11,12). The highest BCUT2D eigenvalue weighted by atomic mass is 16.4. The van der Waals surface area contributed by atoms with Crippen LogP contribution in [0.1, 0.15) is 24.3 Å². The number of carboxylic acid groups (broad SMARTS) is 1. The maximum Gasteiger partial charge on any atom is 0.311 e. The van der Waals surface area contributed by atoms with Crippen LogP contribution in [0.4, 0.5) is 0 Å². The van der Waals surface area contributed by atoms with Crippen molar-refractivity contribution < 1.29 is 9.90 Å². The summed E-state index contributed by atoms with van der Waals surface area (Å²) < 4.78 is 0. The molecule has 64 valence electrons. The molecule has 1 aromatic rings. The van der Waals surface area contributed by atoms with Crippen molar-refractivity contribution in [1.82, 2.24) is 10.2 Å². The third-order valence-corrected chi connectivity index (χ3v) is 2.24. The maximum absolute atomic E-state index is 10.8. The topological polar surface area (TPSA) is 66.0 Å². The molecule has 0 bridgehead atoms. The number of rotatable bonds is 3. The van der Waals surface area contributed by atoms with Gasteiger partial charge in [0.2, 0.25) is 0 Å². The summed E-state index contributed by atoms with van der Waals surface area (Å²) in [4.78, 5) is 10.8. The van der Waals surface area contributed by atoms with Crippen molar-refractivity contribution in [1.29, 1.82) is 0 Å². The van der Waals surface area contributed by atoms with Gasteiger partial charge in [0.05, 0.1) is 12.1 Å². The first-order valence-electron chi connectivity index (χ1n) is 4.00. The van der Waals surface area contributed by atoms with E-state index in [1.165, 1.54) is 0 Å². The van der Waals surface area contributed by atoms with E-state index in [1.807, 2.05) is 0 Å². The van der Waals surface area contributed by atoms with Crippen molar-refractivity contribution >= 4 is 5.97 Å². The molecule has 1 atom stereocenters. The molecule has 0 aliphatic heterocycles. The molecule has 4 heteroatoms. The molecule has 0 spiro atoms. The number of hydrogen-bond donors (Lipinski definition) is 2. The van der Waals surface area contributed by atoms with Crippen LogP contribution in [0, 0.1) is 5.92 Å². The van der Waals surface area contributed by atoms with Crippen LogP contribution < -0.4 is 0 Å². The first-order valence-corrected chi connectivity index (χ1v) is 4.00. The lowest BCUT2D eigenvalue weighted by Gasteiger charge is -2.06. The number of nitrogens with zero attached hydrogens (tertiary/aromatic N) is 1. The minimum absolute atomic E-state index is 0.333. The molecular formula is C8H10N2O2. The Labute approximate surface area is 69.6 Å². The molecule has 0 saturated heterocycles. The van der Waals surface area contributed by atoms with Crippen LogP contribution in [0.5, 0.6) is 0 Å². The van der Waals surface area contributed by atoms with Crippen LogP contribution in [0.2, 0.25) is 0 Å². The van der Waals surface area contributed by atoms with Gasteiger partial charge in [-0.3, -0.25) is 9.89 Å². The van der Waals surface area contributed by atoms with Gasteiger partial charge in [0, 0.05) is 11.8 Å². The summed E-state index contributed by atoms with van der Waals surface area (Å²) in [5.41, 5.74) is 0.796. The van der Waals surface area contributed by atoms with Crippen molar-refractivity contribution in [2.45, 2.75) is 18.8 Å². The highest BCUT2D eigenvalue weighted by Crippen LogP contribution is 2.42. The van der Waals surface area contributed by atoms with Gasteiger partial charge < -0.3 is 5.11 Å². The lowest BCUT2D eigenvalue weighted by atomic mass is 9.98. The normalized spacial score (nSPS) is 19.0. The van der Waals surface area contributed by atoms with Crippen LogP contribution in [0.25, 0.3) is 0 Å². The Morgan fingerprint density at radius 2 is 2.50 bits per heavy atom. The number of aromatic nitrogens is 2. The zero-order valence-corrected chi connectivity index (χ0v) is 6.53. The molecule has 0 radical (unpaired) electrons. The smallest absolute Gasteiger partial charge is 0.311 e. The average molecular weight is 166 g/mol. The van der Waals surface area contributed by atoms with E-state index in [0.29, 0.717) is 5.92 Å². The Hall–Kier alpha value is -1.32. The molecule has 1 unspecified atom stereocenters. The molecule has 1 aromatic heterocycles. The second-order valence-corrected chi connectivity index (χ2v) is 3.18. The molecule has 1 saturated carbocycles. The summed E-state index contributed by atoms with van der Waals surface area (Å²) >= 11 is 0. The van der Waals surface area contributed by atoms with E-state index in [9.17, 15) is 4.79 Å². The monoisotopic (exact) mass is 166 g/mol. The van der Waals surface area contributed by atoms with E-state index in [-0.39, 0.29) is 5.92 Å². The summed E-state index contributed by atoms with van der Waals surface area (Å²) in [7, 11) is 0. The van der Waals surface area contributed by atoms with Crippen molar-refractivity contribution in [3.05, 3.63) is 18.0 Å². The van der Waals surface area contributed by atoms with Crippen LogP contribution in [0.15, 0.2) is 12.4 Å². The van der Waals surface area contributed by atoms with Gasteiger partial charge in [0.25, 0.3) is 0 Å². The van der Waals surface area contributed by atoms with Crippen molar-refractivity contribution in [2.24, 2.45) is 5.92 Å². The number of hydrogen-bond acceptors (Lipinski definition) is 2. The Morgan fingerprint density at radius 3 is 2.92 bits per heavy atom. The number of nitrogens with one attached hydrogen (secondary N) is 1. The molecule has 2 rings (SSSR count). The third kappa shape index (κ3) is 1.20. The molecule has 12 heavy (non-hydrogen) atoms. The van der Waals surface area contributed by atoms with Crippen LogP contribution in [-0.2, 0) is 4.79 Å². The number of H-pyrrole nitrogens is 1. The van der Waals surface area contributed by atoms with E-state index >= 15 is 0 Å². The first-order chi connectivity index (χ1) is 5.79. The van der Waals surface area contributed by atoms with E-state index < -0.39 is 5.97 Å². The van der Waals surface area contributed by atoms with Gasteiger partial charge in [-0.15, -0.1) is 0 Å². The van der Waals surface area contributed by atoms with Crippen molar-refractivity contribution in [3.8, 4) is 0 Å². The highest BCUT2D eigenvalue weighted by molar-refractivity contribution is 5.76. The van der Waals surface area contributed by atoms with E-state index in [4.69, 9.17) is 5.11 Å². The van der Waals surface area contributed by atoms with E-state index in [0.717, 1.165) is 18.4 Å². The van der Waals surface area contributed by atoms with Gasteiger partial charge in [-0.2, -0.15) is 5.10 Å².